The molecule has 0 fully saturated rings. The molecule has 0 aliphatic carbocycles. The third-order valence-electron chi connectivity index (χ3n) is 3.21. The highest BCUT2D eigenvalue weighted by Gasteiger charge is 2.14. The molecule has 1 heterocycles. The van der Waals surface area contributed by atoms with Gasteiger partial charge in [-0.25, -0.2) is 14.3 Å². The number of imide groups is 1. The van der Waals surface area contributed by atoms with Crippen molar-refractivity contribution in [3.63, 3.8) is 0 Å². The number of rotatable bonds is 7. The van der Waals surface area contributed by atoms with Crippen LogP contribution in [-0.4, -0.2) is 47.9 Å². The number of carbonyl (C=O) groups excluding carboxylic acids is 3. The summed E-state index contributed by atoms with van der Waals surface area (Å²) in [5.74, 6) is -1.06. The fourth-order valence-electron chi connectivity index (χ4n) is 1.91. The molecule has 1 aromatic carbocycles. The van der Waals surface area contributed by atoms with Crippen molar-refractivity contribution < 1.29 is 23.9 Å². The van der Waals surface area contributed by atoms with Crippen LogP contribution in [-0.2, 0) is 16.1 Å². The van der Waals surface area contributed by atoms with E-state index in [1.54, 1.807) is 12.1 Å². The Bertz CT molecular complexity index is 865. The largest absolute Gasteiger partial charge is 0.492 e. The highest BCUT2D eigenvalue weighted by atomic mass is 16.5. The fourth-order valence-corrected chi connectivity index (χ4v) is 1.91. The molecule has 2 N–H and O–H groups in total. The van der Waals surface area contributed by atoms with E-state index in [2.05, 4.69) is 10.4 Å². The van der Waals surface area contributed by atoms with E-state index < -0.39 is 30.1 Å². The van der Waals surface area contributed by atoms with Crippen LogP contribution >= 0.6 is 0 Å². The number of amides is 3. The summed E-state index contributed by atoms with van der Waals surface area (Å²) in [6.07, 6.45) is 0. The zero-order valence-corrected chi connectivity index (χ0v) is 14.5. The number of ether oxygens (including phenoxy) is 2. The fraction of sp³-hybridized carbons (Fsp3) is 0.235. The van der Waals surface area contributed by atoms with Crippen molar-refractivity contribution >= 4 is 17.9 Å². The molecular weight excluding hydrogens is 356 g/mol. The van der Waals surface area contributed by atoms with Gasteiger partial charge in [-0.2, -0.15) is 5.10 Å². The number of hydrogen-bond acceptors (Lipinski definition) is 7. The molecule has 1 aromatic heterocycles. The summed E-state index contributed by atoms with van der Waals surface area (Å²) in [5, 5.41) is 8.03. The highest BCUT2D eigenvalue weighted by molar-refractivity contribution is 5.96. The number of nitrogens with zero attached hydrogens (tertiary/aromatic N) is 2. The number of urea groups is 1. The summed E-state index contributed by atoms with van der Waals surface area (Å²) in [6, 6.07) is 10.7. The first kappa shape index (κ1) is 19.6. The van der Waals surface area contributed by atoms with Gasteiger partial charge in [0.15, 0.2) is 12.3 Å². The van der Waals surface area contributed by atoms with Crippen LogP contribution in [0.2, 0.25) is 0 Å². The van der Waals surface area contributed by atoms with E-state index in [1.165, 1.54) is 13.1 Å². The number of hydrogen-bond donors (Lipinski definition) is 2. The molecule has 2 aromatic rings. The van der Waals surface area contributed by atoms with Gasteiger partial charge in [0.25, 0.3) is 11.5 Å². The Labute approximate surface area is 154 Å². The SMILES string of the molecule is CNC(=O)NC(=O)COC(=O)c1ccc(=O)n(CCOc2ccccc2)n1. The van der Waals surface area contributed by atoms with Crippen LogP contribution in [0.15, 0.2) is 47.3 Å². The van der Waals surface area contributed by atoms with Crippen molar-refractivity contribution in [3.8, 4) is 5.75 Å². The van der Waals surface area contributed by atoms with Crippen molar-refractivity contribution in [2.45, 2.75) is 6.54 Å². The molecule has 0 aliphatic rings. The second kappa shape index (κ2) is 9.70. The van der Waals surface area contributed by atoms with Crippen molar-refractivity contribution in [1.82, 2.24) is 20.4 Å². The maximum absolute atomic E-state index is 12.0. The summed E-state index contributed by atoms with van der Waals surface area (Å²) in [7, 11) is 1.34. The number of para-hydroxylation sites is 1. The predicted octanol–water partition coefficient (Wildman–Crippen LogP) is -0.0653. The molecular formula is C17H18N4O6. The van der Waals surface area contributed by atoms with Crippen molar-refractivity contribution in [3.05, 3.63) is 58.5 Å². The molecule has 0 unspecified atom stereocenters. The summed E-state index contributed by atoms with van der Waals surface area (Å²) >= 11 is 0. The smallest absolute Gasteiger partial charge is 0.359 e. The lowest BCUT2D eigenvalue weighted by Gasteiger charge is -2.09. The van der Waals surface area contributed by atoms with Crippen LogP contribution in [0, 0.1) is 0 Å². The molecule has 3 amide bonds. The Morgan fingerprint density at radius 2 is 1.85 bits per heavy atom. The third kappa shape index (κ3) is 6.27. The van der Waals surface area contributed by atoms with Gasteiger partial charge in [-0.1, -0.05) is 18.2 Å². The zero-order valence-electron chi connectivity index (χ0n) is 14.5. The van der Waals surface area contributed by atoms with Crippen LogP contribution in [0.4, 0.5) is 4.79 Å². The Balaban J connectivity index is 1.91. The topological polar surface area (TPSA) is 129 Å². The number of esters is 1. The number of nitrogens with one attached hydrogen (secondary N) is 2. The molecule has 2 rings (SSSR count). The second-order valence-electron chi connectivity index (χ2n) is 5.14. The van der Waals surface area contributed by atoms with Crippen LogP contribution in [0.5, 0.6) is 5.75 Å². The van der Waals surface area contributed by atoms with E-state index in [1.807, 2.05) is 23.5 Å². The highest BCUT2D eigenvalue weighted by Crippen LogP contribution is 2.07. The molecule has 142 valence electrons. The molecule has 27 heavy (non-hydrogen) atoms. The van der Waals surface area contributed by atoms with Gasteiger partial charge in [0.1, 0.15) is 12.4 Å². The third-order valence-corrected chi connectivity index (χ3v) is 3.21. The lowest BCUT2D eigenvalue weighted by Crippen LogP contribution is -2.39. The van der Waals surface area contributed by atoms with Gasteiger partial charge < -0.3 is 14.8 Å². The molecule has 10 heteroatoms. The standard InChI is InChI=1S/C17H18N4O6/c1-18-17(25)19-14(22)11-27-16(24)13-7-8-15(23)21(20-13)9-10-26-12-5-3-2-4-6-12/h2-8H,9-11H2,1H3,(H2,18,19,22,25). The molecule has 0 atom stereocenters. The van der Waals surface area contributed by atoms with Gasteiger partial charge in [0, 0.05) is 13.1 Å². The van der Waals surface area contributed by atoms with Gasteiger partial charge in [-0.15, -0.1) is 0 Å². The van der Waals surface area contributed by atoms with Crippen LogP contribution in [0.25, 0.3) is 0 Å². The monoisotopic (exact) mass is 374 g/mol. The van der Waals surface area contributed by atoms with Crippen molar-refractivity contribution in [2.75, 3.05) is 20.3 Å². The van der Waals surface area contributed by atoms with Gasteiger partial charge in [0.2, 0.25) is 0 Å². The Kier molecular flexibility index (Phi) is 7.06. The van der Waals surface area contributed by atoms with E-state index >= 15 is 0 Å². The predicted molar refractivity (Wildman–Crippen MR) is 93.3 cm³/mol. The first-order valence-electron chi connectivity index (χ1n) is 7.94. The Morgan fingerprint density at radius 1 is 1.11 bits per heavy atom. The summed E-state index contributed by atoms with van der Waals surface area (Å²) < 4.78 is 11.3. The molecule has 0 spiro atoms. The van der Waals surface area contributed by atoms with E-state index in [4.69, 9.17) is 9.47 Å². The molecule has 0 bridgehead atoms. The van der Waals surface area contributed by atoms with Crippen LogP contribution < -0.4 is 20.9 Å². The van der Waals surface area contributed by atoms with E-state index in [-0.39, 0.29) is 18.8 Å². The molecule has 0 saturated heterocycles. The first-order valence-corrected chi connectivity index (χ1v) is 7.94. The Morgan fingerprint density at radius 3 is 2.56 bits per heavy atom. The number of benzene rings is 1. The average molecular weight is 374 g/mol. The maximum Gasteiger partial charge on any atom is 0.359 e. The minimum Gasteiger partial charge on any atom is -0.492 e. The van der Waals surface area contributed by atoms with Crippen molar-refractivity contribution in [2.24, 2.45) is 0 Å². The molecule has 0 aliphatic heterocycles. The summed E-state index contributed by atoms with van der Waals surface area (Å²) in [6.45, 7) is -0.375. The lowest BCUT2D eigenvalue weighted by molar-refractivity contribution is -0.123. The summed E-state index contributed by atoms with van der Waals surface area (Å²) in [5.41, 5.74) is -0.567. The maximum atomic E-state index is 12.0. The molecule has 10 nitrogen and oxygen atoms in total. The van der Waals surface area contributed by atoms with E-state index in [9.17, 15) is 19.2 Å². The number of aromatic nitrogens is 2. The summed E-state index contributed by atoms with van der Waals surface area (Å²) in [4.78, 5) is 46.2. The zero-order chi connectivity index (χ0) is 19.6. The minimum absolute atomic E-state index is 0.117. The molecule has 0 radical (unpaired) electrons. The van der Waals surface area contributed by atoms with E-state index in [0.717, 1.165) is 10.7 Å². The van der Waals surface area contributed by atoms with E-state index in [0.29, 0.717) is 5.75 Å². The van der Waals surface area contributed by atoms with Crippen molar-refractivity contribution in [1.29, 1.82) is 0 Å². The van der Waals surface area contributed by atoms with Crippen LogP contribution in [0.3, 0.4) is 0 Å². The van der Waals surface area contributed by atoms with Gasteiger partial charge in [-0.05, 0) is 18.2 Å². The second-order valence-corrected chi connectivity index (χ2v) is 5.14. The first-order chi connectivity index (χ1) is 13.0. The quantitative estimate of drug-likeness (QED) is 0.649. The van der Waals surface area contributed by atoms with Gasteiger partial charge >= 0.3 is 12.0 Å². The van der Waals surface area contributed by atoms with Gasteiger partial charge in [0.05, 0.1) is 6.54 Å². The minimum atomic E-state index is -0.903. The Hall–Kier alpha value is -3.69. The van der Waals surface area contributed by atoms with Crippen LogP contribution in [0.1, 0.15) is 10.5 Å². The normalized spacial score (nSPS) is 9.96. The average Bonchev–Trinajstić information content (AvgIpc) is 2.68. The number of carbonyl (C=O) groups is 3. The van der Waals surface area contributed by atoms with Gasteiger partial charge in [-0.3, -0.25) is 14.9 Å². The lowest BCUT2D eigenvalue weighted by atomic mass is 10.3. The molecule has 0 saturated carbocycles.